The second-order valence-electron chi connectivity index (χ2n) is 19.5. The fourth-order valence-corrected chi connectivity index (χ4v) is 11.7. The monoisotopic (exact) mass is 956 g/mol. The molecule has 1 aromatic carbocycles. The molecule has 1 spiro atoms. The molecule has 2 bridgehead atoms. The number of phenolic OH excluding ortho intramolecular Hbond substituents is 1. The molecule has 0 aromatic heterocycles. The van der Waals surface area contributed by atoms with Gasteiger partial charge in [0.15, 0.2) is 30.0 Å². The molecule has 3 aliphatic carbocycles. The molecule has 366 valence electrons. The van der Waals surface area contributed by atoms with Crippen molar-refractivity contribution in [1.29, 1.82) is 0 Å². The first-order valence-electron chi connectivity index (χ1n) is 23.3. The molecule has 4 aliphatic heterocycles. The minimum absolute atomic E-state index is 0.0323. The van der Waals surface area contributed by atoms with Gasteiger partial charge in [0.1, 0.15) is 29.6 Å². The molecule has 17 nitrogen and oxygen atoms in total. The van der Waals surface area contributed by atoms with Crippen molar-refractivity contribution in [3.05, 3.63) is 75.8 Å². The molecule has 6 N–H and O–H groups in total. The number of hydrogen-bond acceptors (Lipinski definition) is 16. The van der Waals surface area contributed by atoms with Crippen LogP contribution in [0.4, 0.5) is 0 Å². The molecule has 0 amide bonds. The van der Waals surface area contributed by atoms with E-state index in [9.17, 15) is 49.8 Å². The predicted molar refractivity (Wildman–Crippen MR) is 235 cm³/mol. The second kappa shape index (κ2) is 19.2. The van der Waals surface area contributed by atoms with Crippen LogP contribution < -0.4 is 0 Å². The summed E-state index contributed by atoms with van der Waals surface area (Å²) in [5, 5.41) is 66.3. The highest BCUT2D eigenvalue weighted by Crippen LogP contribution is 2.55. The molecule has 17 atom stereocenters. The maximum absolute atomic E-state index is 14.7. The highest BCUT2D eigenvalue weighted by Gasteiger charge is 2.60. The zero-order valence-electron chi connectivity index (χ0n) is 38.1. The number of benzene rings is 1. The van der Waals surface area contributed by atoms with Crippen LogP contribution in [0.25, 0.3) is 0 Å². The van der Waals surface area contributed by atoms with E-state index < -0.39 is 120 Å². The number of aromatic hydroxyl groups is 1. The molecule has 0 radical (unpaired) electrons. The molecule has 2 saturated heterocycles. The third-order valence-corrected chi connectivity index (χ3v) is 15.7. The summed E-state index contributed by atoms with van der Waals surface area (Å²) in [5.41, 5.74) is -2.56. The van der Waals surface area contributed by atoms with E-state index >= 15 is 0 Å². The number of ether oxygens (including phenoxy) is 7. The van der Waals surface area contributed by atoms with Gasteiger partial charge in [-0.1, -0.05) is 61.7 Å². The third kappa shape index (κ3) is 8.95. The standard InChI is InChI=1S/C49H61ClO17/c1-22-21-49-27(19-29(22)43(56)57)12-9-7-6-8-11-26-15-16-28-30(48(26,5)47(60)66-41(42(49)55)45(59)67-49)13-10-14-34(28)63-46-38(54)37(53)40(25(4)62-46)64-35-20-33(52)39(24(3)61-35)65-44(58)36-23(2)31(50)17-18-32(36)51/h9,12,15-19,22,24-28,30,33-35,37-40,46,51-55H,6-8,10-11,13-14,20-21H2,1-5H3,(H,56,57)/b12-9+/t22-,24-,25-,26?,27?,28?,30?,33-,34+,35+,37-,38?,39-,40-,46+,48-,49?/m1/s1. The van der Waals surface area contributed by atoms with Crippen molar-refractivity contribution in [2.24, 2.45) is 35.0 Å². The first kappa shape index (κ1) is 49.1. The Morgan fingerprint density at radius 3 is 2.37 bits per heavy atom. The van der Waals surface area contributed by atoms with E-state index in [1.165, 1.54) is 18.2 Å². The molecular formula is C49H61ClO17. The van der Waals surface area contributed by atoms with Gasteiger partial charge in [0.05, 0.1) is 29.8 Å². The molecule has 8 rings (SSSR count). The molecule has 18 heteroatoms. The summed E-state index contributed by atoms with van der Waals surface area (Å²) in [7, 11) is 0. The lowest BCUT2D eigenvalue weighted by molar-refractivity contribution is -0.343. The van der Waals surface area contributed by atoms with E-state index in [-0.39, 0.29) is 52.5 Å². The summed E-state index contributed by atoms with van der Waals surface area (Å²) >= 11 is 6.15. The number of carbonyl (C=O) groups excluding carboxylic acids is 3. The zero-order valence-corrected chi connectivity index (χ0v) is 38.9. The van der Waals surface area contributed by atoms with Crippen molar-refractivity contribution in [3.63, 3.8) is 0 Å². The molecule has 1 aromatic rings. The van der Waals surface area contributed by atoms with Crippen LogP contribution >= 0.6 is 11.6 Å². The Kier molecular flexibility index (Phi) is 14.1. The van der Waals surface area contributed by atoms with Gasteiger partial charge in [-0.3, -0.25) is 4.79 Å². The van der Waals surface area contributed by atoms with E-state index in [0.29, 0.717) is 37.7 Å². The van der Waals surface area contributed by atoms with Crippen LogP contribution in [0.1, 0.15) is 101 Å². The molecule has 67 heavy (non-hydrogen) atoms. The normalized spacial score (nSPS) is 41.6. The number of rotatable bonds is 7. The van der Waals surface area contributed by atoms with Crippen LogP contribution in [0.3, 0.4) is 0 Å². The maximum Gasteiger partial charge on any atom is 0.379 e. The van der Waals surface area contributed by atoms with Crippen LogP contribution in [-0.4, -0.2) is 122 Å². The topological polar surface area (TPSA) is 254 Å². The Bertz CT molecular complexity index is 2230. The number of fused-ring (bicyclic) bond motifs is 3. The quantitative estimate of drug-likeness (QED) is 0.110. The number of carboxylic acids is 1. The highest BCUT2D eigenvalue weighted by molar-refractivity contribution is 6.32. The van der Waals surface area contributed by atoms with Crippen LogP contribution in [0.15, 0.2) is 59.6 Å². The smallest absolute Gasteiger partial charge is 0.379 e. The second-order valence-corrected chi connectivity index (χ2v) is 19.9. The van der Waals surface area contributed by atoms with Crippen molar-refractivity contribution in [2.75, 3.05) is 0 Å². The number of aliphatic hydroxyl groups is 4. The Labute approximate surface area is 393 Å². The van der Waals surface area contributed by atoms with Crippen molar-refractivity contribution in [3.8, 4) is 5.75 Å². The van der Waals surface area contributed by atoms with Gasteiger partial charge in [0, 0.05) is 35.3 Å². The summed E-state index contributed by atoms with van der Waals surface area (Å²) in [6.45, 7) is 8.26. The van der Waals surface area contributed by atoms with Gasteiger partial charge in [-0.25, -0.2) is 14.4 Å². The number of esters is 3. The van der Waals surface area contributed by atoms with E-state index in [1.54, 1.807) is 33.8 Å². The first-order valence-corrected chi connectivity index (χ1v) is 23.7. The van der Waals surface area contributed by atoms with Crippen LogP contribution in [-0.2, 0) is 47.5 Å². The largest absolute Gasteiger partial charge is 0.507 e. The van der Waals surface area contributed by atoms with Crippen molar-refractivity contribution >= 4 is 35.5 Å². The van der Waals surface area contributed by atoms with Gasteiger partial charge in [-0.15, -0.1) is 0 Å². The van der Waals surface area contributed by atoms with Crippen molar-refractivity contribution < 1.29 is 83.0 Å². The molecule has 7 aliphatic rings. The highest BCUT2D eigenvalue weighted by atomic mass is 35.5. The molecule has 6 unspecified atom stereocenters. The average Bonchev–Trinajstić information content (AvgIpc) is 3.50. The first-order chi connectivity index (χ1) is 31.8. The lowest BCUT2D eigenvalue weighted by Gasteiger charge is -2.51. The van der Waals surface area contributed by atoms with Gasteiger partial charge in [0.25, 0.3) is 5.76 Å². The third-order valence-electron chi connectivity index (χ3n) is 15.3. The van der Waals surface area contributed by atoms with Gasteiger partial charge in [0.2, 0.25) is 0 Å². The number of aliphatic carboxylic acids is 1. The van der Waals surface area contributed by atoms with Crippen molar-refractivity contribution in [1.82, 2.24) is 0 Å². The average molecular weight is 957 g/mol. The fourth-order valence-electron chi connectivity index (χ4n) is 11.5. The fraction of sp³-hybridized carbons (Fsp3) is 0.633. The molecule has 4 heterocycles. The summed E-state index contributed by atoms with van der Waals surface area (Å²) in [6, 6.07) is 2.71. The SMILES string of the molecule is Cc1c(Cl)ccc(O)c1C(=O)O[C@H]1[C@H](O)C[C@H](O[C@H]2[C@H](O)C(O)[C@H](O[C@H]3CCCC4C3C=CC3CCCC/C=C/C5C=C(C(=O)O)[C@H](C)CC56OC(=O)C(=C6O)OC(=O)[C@]34C)O[C@@H]2C)O[C@@H]1C. The zero-order chi connectivity index (χ0) is 48.3. The van der Waals surface area contributed by atoms with Gasteiger partial charge in [-0.2, -0.15) is 0 Å². The van der Waals surface area contributed by atoms with Gasteiger partial charge < -0.3 is 63.8 Å². The maximum atomic E-state index is 14.7. The number of aliphatic hydroxyl groups excluding tert-OH is 4. The minimum atomic E-state index is -1.65. The number of carbonyl (C=O) groups is 4. The number of phenols is 1. The lowest BCUT2D eigenvalue weighted by atomic mass is 9.55. The predicted octanol–water partition coefficient (Wildman–Crippen LogP) is 5.63. The Hall–Kier alpha value is -4.33. The van der Waals surface area contributed by atoms with Gasteiger partial charge >= 0.3 is 23.9 Å². The molecule has 1 saturated carbocycles. The summed E-state index contributed by atoms with van der Waals surface area (Å²) < 4.78 is 42.2. The molecular weight excluding hydrogens is 896 g/mol. The van der Waals surface area contributed by atoms with Crippen LogP contribution in [0, 0.1) is 41.9 Å². The number of hydrogen-bond donors (Lipinski definition) is 6. The Balaban J connectivity index is 0.950. The molecule has 3 fully saturated rings. The lowest BCUT2D eigenvalue weighted by Crippen LogP contribution is -2.61. The van der Waals surface area contributed by atoms with E-state index in [1.807, 2.05) is 25.2 Å². The number of halogens is 1. The Morgan fingerprint density at radius 2 is 1.64 bits per heavy atom. The van der Waals surface area contributed by atoms with Gasteiger partial charge in [-0.05, 0) is 95.2 Å². The Morgan fingerprint density at radius 1 is 0.896 bits per heavy atom. The van der Waals surface area contributed by atoms with E-state index in [0.717, 1.165) is 12.8 Å². The summed E-state index contributed by atoms with van der Waals surface area (Å²) in [4.78, 5) is 53.5. The van der Waals surface area contributed by atoms with Crippen molar-refractivity contribution in [2.45, 2.75) is 159 Å². The minimum Gasteiger partial charge on any atom is -0.507 e. The number of allylic oxidation sites excluding steroid dienone is 2. The summed E-state index contributed by atoms with van der Waals surface area (Å²) in [5.74, 6) is -7.70. The van der Waals surface area contributed by atoms with Crippen LogP contribution in [0.5, 0.6) is 5.75 Å². The van der Waals surface area contributed by atoms with Crippen LogP contribution in [0.2, 0.25) is 5.02 Å². The summed E-state index contributed by atoms with van der Waals surface area (Å²) in [6.07, 6.45) is 2.05. The van der Waals surface area contributed by atoms with E-state index in [4.69, 9.17) is 44.8 Å². The number of carboxylic acid groups (broad SMARTS) is 1. The van der Waals surface area contributed by atoms with E-state index in [2.05, 4.69) is 0 Å².